The molecule has 0 aliphatic heterocycles. The topological polar surface area (TPSA) is 66.2 Å². The quantitative estimate of drug-likeness (QED) is 0.419. The Labute approximate surface area is 158 Å². The van der Waals surface area contributed by atoms with E-state index in [2.05, 4.69) is 22.8 Å². The number of aromatic nitrogens is 2. The minimum Gasteiger partial charge on any atom is -0.504 e. The van der Waals surface area contributed by atoms with Crippen LogP contribution in [0.2, 0.25) is 0 Å². The highest BCUT2D eigenvalue weighted by atomic mass is 19.1. The molecule has 6 heteroatoms. The van der Waals surface area contributed by atoms with E-state index in [1.807, 2.05) is 20.8 Å². The molecule has 3 rings (SSSR count). The number of fused-ring (bicyclic) bond motifs is 1. The van der Waals surface area contributed by atoms with Gasteiger partial charge in [-0.15, -0.1) is 12.8 Å². The molecule has 4 nitrogen and oxygen atoms in total. The molecule has 0 spiro atoms. The van der Waals surface area contributed by atoms with Crippen molar-refractivity contribution < 1.29 is 19.0 Å². The van der Waals surface area contributed by atoms with Crippen LogP contribution in [0.25, 0.3) is 10.9 Å². The lowest BCUT2D eigenvalue weighted by molar-refractivity contribution is 0.404. The molecule has 1 heterocycles. The van der Waals surface area contributed by atoms with Crippen molar-refractivity contribution in [1.29, 1.82) is 0 Å². The fraction of sp³-hybridized carbons (Fsp3) is 0.238. The van der Waals surface area contributed by atoms with Gasteiger partial charge in [-0.1, -0.05) is 19.9 Å². The highest BCUT2D eigenvalue weighted by Gasteiger charge is 2.05. The molecule has 0 unspecified atom stereocenters. The first-order valence-electron chi connectivity index (χ1n) is 8.19. The Kier molecular flexibility index (Phi) is 10.1. The normalized spacial score (nSPS) is 9.07. The third-order valence-electron chi connectivity index (χ3n) is 3.44. The summed E-state index contributed by atoms with van der Waals surface area (Å²) in [5.41, 5.74) is 1.99. The number of rotatable bonds is 0. The van der Waals surface area contributed by atoms with Gasteiger partial charge < -0.3 is 10.2 Å². The molecule has 2 aromatic carbocycles. The van der Waals surface area contributed by atoms with E-state index in [4.69, 9.17) is 0 Å². The SMILES string of the molecule is C#C.CC.Cc1ccc(F)c(C)c1F.Cc1ncnc2cc(O)c(O)cc12. The van der Waals surface area contributed by atoms with Crippen LogP contribution in [-0.4, -0.2) is 20.2 Å². The molecule has 144 valence electrons. The Morgan fingerprint density at radius 3 is 2.00 bits per heavy atom. The first-order chi connectivity index (χ1) is 12.8. The molecular weight excluding hydrogens is 350 g/mol. The molecule has 2 N–H and O–H groups in total. The van der Waals surface area contributed by atoms with Crippen LogP contribution >= 0.6 is 0 Å². The lowest BCUT2D eigenvalue weighted by Crippen LogP contribution is -1.90. The number of hydrogen-bond acceptors (Lipinski definition) is 4. The number of phenolic OH excluding ortho intramolecular Hbond substituents is 2. The van der Waals surface area contributed by atoms with Crippen molar-refractivity contribution in [2.75, 3.05) is 0 Å². The monoisotopic (exact) mass is 374 g/mol. The van der Waals surface area contributed by atoms with Gasteiger partial charge in [0.2, 0.25) is 0 Å². The number of terminal acetylenes is 1. The van der Waals surface area contributed by atoms with Gasteiger partial charge in [-0.25, -0.2) is 18.7 Å². The average Bonchev–Trinajstić information content (AvgIpc) is 2.69. The van der Waals surface area contributed by atoms with Crippen LogP contribution in [-0.2, 0) is 0 Å². The minimum atomic E-state index is -0.483. The molecule has 0 fully saturated rings. The van der Waals surface area contributed by atoms with Gasteiger partial charge in [0.25, 0.3) is 0 Å². The lowest BCUT2D eigenvalue weighted by Gasteiger charge is -2.02. The van der Waals surface area contributed by atoms with Crippen LogP contribution in [0, 0.1) is 45.3 Å². The second-order valence-corrected chi connectivity index (χ2v) is 5.12. The number of hydrogen-bond donors (Lipinski definition) is 2. The summed E-state index contributed by atoms with van der Waals surface area (Å²) in [6.07, 6.45) is 9.42. The van der Waals surface area contributed by atoms with Crippen LogP contribution in [0.5, 0.6) is 11.5 Å². The van der Waals surface area contributed by atoms with Gasteiger partial charge in [0.1, 0.15) is 18.0 Å². The highest BCUT2D eigenvalue weighted by Crippen LogP contribution is 2.29. The van der Waals surface area contributed by atoms with Crippen molar-refractivity contribution in [3.63, 3.8) is 0 Å². The third kappa shape index (κ3) is 6.23. The van der Waals surface area contributed by atoms with Crippen molar-refractivity contribution in [3.05, 3.63) is 59.0 Å². The van der Waals surface area contributed by atoms with Gasteiger partial charge in [0.15, 0.2) is 11.5 Å². The maximum atomic E-state index is 12.8. The second-order valence-electron chi connectivity index (χ2n) is 5.12. The summed E-state index contributed by atoms with van der Waals surface area (Å²) in [6.45, 7) is 8.86. The molecule has 0 aliphatic rings. The zero-order valence-electron chi connectivity index (χ0n) is 16.1. The fourth-order valence-corrected chi connectivity index (χ4v) is 2.01. The Morgan fingerprint density at radius 1 is 0.889 bits per heavy atom. The first-order valence-corrected chi connectivity index (χ1v) is 8.19. The maximum absolute atomic E-state index is 12.8. The fourth-order valence-electron chi connectivity index (χ4n) is 2.01. The van der Waals surface area contributed by atoms with Crippen molar-refractivity contribution in [3.8, 4) is 24.3 Å². The van der Waals surface area contributed by atoms with E-state index < -0.39 is 11.6 Å². The van der Waals surface area contributed by atoms with Crippen LogP contribution in [0.1, 0.15) is 30.7 Å². The van der Waals surface area contributed by atoms with Crippen LogP contribution in [0.15, 0.2) is 30.6 Å². The van der Waals surface area contributed by atoms with Gasteiger partial charge in [-0.2, -0.15) is 0 Å². The summed E-state index contributed by atoms with van der Waals surface area (Å²) in [5, 5.41) is 19.2. The number of aromatic hydroxyl groups is 2. The van der Waals surface area contributed by atoms with Crippen LogP contribution in [0.3, 0.4) is 0 Å². The summed E-state index contributed by atoms with van der Waals surface area (Å²) in [5.74, 6) is -1.24. The molecule has 0 aliphatic carbocycles. The summed E-state index contributed by atoms with van der Waals surface area (Å²) in [6, 6.07) is 5.57. The number of halogens is 2. The molecule has 27 heavy (non-hydrogen) atoms. The van der Waals surface area contributed by atoms with Crippen molar-refractivity contribution in [2.45, 2.75) is 34.6 Å². The maximum Gasteiger partial charge on any atom is 0.159 e. The Bertz CT molecular complexity index is 883. The van der Waals surface area contributed by atoms with Gasteiger partial charge in [-0.05, 0) is 38.5 Å². The van der Waals surface area contributed by atoms with Gasteiger partial charge >= 0.3 is 0 Å². The molecule has 0 amide bonds. The number of phenols is 2. The molecule has 0 radical (unpaired) electrons. The van der Waals surface area contributed by atoms with E-state index in [1.54, 1.807) is 6.92 Å². The first kappa shape index (κ1) is 23.8. The lowest BCUT2D eigenvalue weighted by atomic mass is 10.1. The van der Waals surface area contributed by atoms with E-state index in [0.29, 0.717) is 11.1 Å². The zero-order chi connectivity index (χ0) is 21.1. The highest BCUT2D eigenvalue weighted by molar-refractivity contribution is 5.83. The summed E-state index contributed by atoms with van der Waals surface area (Å²) < 4.78 is 25.3. The largest absolute Gasteiger partial charge is 0.504 e. The Hall–Kier alpha value is -3.20. The molecule has 0 saturated heterocycles. The van der Waals surface area contributed by atoms with E-state index in [9.17, 15) is 19.0 Å². The van der Waals surface area contributed by atoms with Crippen molar-refractivity contribution in [1.82, 2.24) is 9.97 Å². The number of aryl methyl sites for hydroxylation is 2. The van der Waals surface area contributed by atoms with E-state index in [-0.39, 0.29) is 17.1 Å². The number of benzene rings is 2. The van der Waals surface area contributed by atoms with E-state index in [1.165, 1.54) is 37.5 Å². The minimum absolute atomic E-state index is 0.0972. The molecule has 0 saturated carbocycles. The molecule has 0 atom stereocenters. The second kappa shape index (κ2) is 11.4. The standard InChI is InChI=1S/C9H8N2O2.C8H8F2.C2H6.C2H2/c1-5-6-2-8(12)9(13)3-7(6)11-4-10-5;1-5-3-4-7(9)6(2)8(5)10;2*1-2/h2-4,12-13H,1H3;3-4H,1-2H3;1-2H3;1-2H. The smallest absolute Gasteiger partial charge is 0.159 e. The predicted octanol–water partition coefficient (Wildman–Crippen LogP) is 5.21. The van der Waals surface area contributed by atoms with E-state index >= 15 is 0 Å². The van der Waals surface area contributed by atoms with Gasteiger partial charge in [0, 0.05) is 22.7 Å². The molecule has 1 aromatic heterocycles. The summed E-state index contributed by atoms with van der Waals surface area (Å²) >= 11 is 0. The summed E-state index contributed by atoms with van der Waals surface area (Å²) in [4.78, 5) is 7.94. The molecular formula is C21H24F2N2O2. The zero-order valence-corrected chi connectivity index (χ0v) is 16.1. The van der Waals surface area contributed by atoms with Crippen molar-refractivity contribution >= 4 is 10.9 Å². The summed E-state index contributed by atoms with van der Waals surface area (Å²) in [7, 11) is 0. The molecule has 0 bridgehead atoms. The number of nitrogens with zero attached hydrogens (tertiary/aromatic N) is 2. The van der Waals surface area contributed by atoms with Gasteiger partial charge in [0.05, 0.1) is 5.52 Å². The van der Waals surface area contributed by atoms with Gasteiger partial charge in [-0.3, -0.25) is 0 Å². The third-order valence-corrected chi connectivity index (χ3v) is 3.44. The van der Waals surface area contributed by atoms with E-state index in [0.717, 1.165) is 11.1 Å². The Morgan fingerprint density at radius 2 is 1.44 bits per heavy atom. The van der Waals surface area contributed by atoms with Crippen molar-refractivity contribution in [2.24, 2.45) is 0 Å². The van der Waals surface area contributed by atoms with Crippen LogP contribution < -0.4 is 0 Å². The molecule has 3 aromatic rings. The Balaban J connectivity index is 0.000000434. The van der Waals surface area contributed by atoms with Crippen LogP contribution in [0.4, 0.5) is 8.78 Å². The predicted molar refractivity (Wildman–Crippen MR) is 105 cm³/mol. The average molecular weight is 374 g/mol.